The lowest BCUT2D eigenvalue weighted by Gasteiger charge is -2.45. The Kier molecular flexibility index (Phi) is 5.78. The zero-order valence-corrected chi connectivity index (χ0v) is 19.8. The number of hydrogen-bond acceptors (Lipinski definition) is 3. The maximum absolute atomic E-state index is 10.9. The van der Waals surface area contributed by atoms with Gasteiger partial charge in [-0.3, -0.25) is 4.18 Å². The lowest BCUT2D eigenvalue weighted by atomic mass is 9.60. The molecule has 166 valence electrons. The fourth-order valence-corrected chi connectivity index (χ4v) is 8.51. The highest BCUT2D eigenvalue weighted by molar-refractivity contribution is 7.95. The molecule has 2 nitrogen and oxygen atoms in total. The van der Waals surface area contributed by atoms with Crippen LogP contribution in [0.1, 0.15) is 90.9 Å². The van der Waals surface area contributed by atoms with E-state index in [1.54, 1.807) is 17.6 Å². The van der Waals surface area contributed by atoms with Crippen molar-refractivity contribution in [2.45, 2.75) is 102 Å². The Morgan fingerprint density at radius 3 is 2.67 bits per heavy atom. The summed E-state index contributed by atoms with van der Waals surface area (Å²) in [7, 11) is 0. The maximum atomic E-state index is 10.9. The van der Waals surface area contributed by atoms with Crippen LogP contribution in [0.5, 0.6) is 0 Å². The summed E-state index contributed by atoms with van der Waals surface area (Å²) in [6, 6.07) is 0. The lowest BCUT2D eigenvalue weighted by Crippen LogP contribution is -2.39. The van der Waals surface area contributed by atoms with Crippen molar-refractivity contribution in [3.63, 3.8) is 0 Å². The topological polar surface area (TPSA) is 29.5 Å². The third-order valence-electron chi connectivity index (χ3n) is 9.41. The van der Waals surface area contributed by atoms with Crippen LogP contribution in [0.3, 0.4) is 0 Å². The molecule has 5 rings (SSSR count). The van der Waals surface area contributed by atoms with Crippen molar-refractivity contribution in [3.8, 4) is 0 Å². The minimum Gasteiger partial charge on any atom is -0.364 e. The third kappa shape index (κ3) is 3.77. The highest BCUT2D eigenvalue weighted by Crippen LogP contribution is 2.62. The van der Waals surface area contributed by atoms with Crippen molar-refractivity contribution in [1.82, 2.24) is 0 Å². The van der Waals surface area contributed by atoms with Gasteiger partial charge in [0, 0.05) is 17.6 Å². The predicted octanol–water partition coefficient (Wildman–Crippen LogP) is 7.36. The molecule has 4 saturated carbocycles. The molecule has 0 bridgehead atoms. The SMILES string of the molecule is C=C1CCCC/C1=C/C=C1\CCC[C@@]2(C)C1CC[C@@H]2C(C)C1CC(O)(C2CC2)OS1. The molecule has 5 fully saturated rings. The standard InChI is InChI=1S/C27H40O2S/c1-18-7-4-5-8-20(18)10-11-21-9-6-16-26(3)23(14-15-24(21)26)19(2)25-17-27(28,29-30-25)22-12-13-22/h10-11,19,22-25,28H,1,4-9,12-17H2,2-3H3/b20-10-,21-11+/t19?,23-,24?,25?,26-,27?/m1/s1. The second kappa shape index (κ2) is 8.12. The van der Waals surface area contributed by atoms with Gasteiger partial charge in [-0.1, -0.05) is 43.7 Å². The average Bonchev–Trinajstić information content (AvgIpc) is 3.43. The van der Waals surface area contributed by atoms with E-state index in [2.05, 4.69) is 32.6 Å². The molecule has 1 N–H and O–H groups in total. The first-order valence-corrected chi connectivity index (χ1v) is 13.4. The van der Waals surface area contributed by atoms with E-state index in [4.69, 9.17) is 4.18 Å². The molecule has 0 amide bonds. The Morgan fingerprint density at radius 1 is 1.10 bits per heavy atom. The van der Waals surface area contributed by atoms with E-state index in [9.17, 15) is 5.11 Å². The largest absolute Gasteiger partial charge is 0.364 e. The first kappa shape index (κ1) is 21.3. The van der Waals surface area contributed by atoms with Gasteiger partial charge in [-0.2, -0.15) is 0 Å². The molecule has 6 atom stereocenters. The van der Waals surface area contributed by atoms with Crippen molar-refractivity contribution < 1.29 is 9.29 Å². The van der Waals surface area contributed by atoms with Crippen LogP contribution in [0.15, 0.2) is 35.5 Å². The van der Waals surface area contributed by atoms with E-state index in [0.29, 0.717) is 22.5 Å². The molecule has 0 aromatic heterocycles. The summed E-state index contributed by atoms with van der Waals surface area (Å²) < 4.78 is 5.91. The van der Waals surface area contributed by atoms with Crippen LogP contribution in [0.2, 0.25) is 0 Å². The summed E-state index contributed by atoms with van der Waals surface area (Å²) in [6.07, 6.45) is 19.7. The molecule has 1 saturated heterocycles. The van der Waals surface area contributed by atoms with E-state index in [1.807, 2.05) is 0 Å². The Balaban J connectivity index is 1.31. The van der Waals surface area contributed by atoms with Gasteiger partial charge in [0.2, 0.25) is 0 Å². The number of hydrogen-bond donors (Lipinski definition) is 1. The first-order chi connectivity index (χ1) is 14.4. The van der Waals surface area contributed by atoms with Crippen LogP contribution < -0.4 is 0 Å². The van der Waals surface area contributed by atoms with Gasteiger partial charge in [0.25, 0.3) is 0 Å². The summed E-state index contributed by atoms with van der Waals surface area (Å²) in [6.45, 7) is 9.35. The quantitative estimate of drug-likeness (QED) is 0.474. The second-order valence-corrected chi connectivity index (χ2v) is 12.2. The van der Waals surface area contributed by atoms with E-state index in [-0.39, 0.29) is 0 Å². The number of rotatable bonds is 4. The number of fused-ring (bicyclic) bond motifs is 1. The van der Waals surface area contributed by atoms with E-state index in [1.165, 1.54) is 68.9 Å². The Hall–Kier alpha value is -0.510. The van der Waals surface area contributed by atoms with Gasteiger partial charge in [-0.25, -0.2) is 0 Å². The van der Waals surface area contributed by atoms with Crippen LogP contribution in [0, 0.1) is 29.1 Å². The molecule has 0 aromatic rings. The highest BCUT2D eigenvalue weighted by atomic mass is 32.2. The molecular formula is C27H40O2S. The van der Waals surface area contributed by atoms with Crippen molar-refractivity contribution in [2.75, 3.05) is 0 Å². The molecule has 4 aliphatic carbocycles. The molecule has 1 aliphatic heterocycles. The molecule has 30 heavy (non-hydrogen) atoms. The van der Waals surface area contributed by atoms with Gasteiger partial charge in [0.05, 0.1) is 0 Å². The van der Waals surface area contributed by atoms with Gasteiger partial charge in [0.15, 0.2) is 5.79 Å². The molecule has 1 heterocycles. The van der Waals surface area contributed by atoms with Gasteiger partial charge in [-0.15, -0.1) is 0 Å². The van der Waals surface area contributed by atoms with Gasteiger partial charge in [-0.05, 0) is 111 Å². The van der Waals surface area contributed by atoms with E-state index in [0.717, 1.165) is 31.1 Å². The fourth-order valence-electron chi connectivity index (χ4n) is 7.35. The average molecular weight is 429 g/mol. The normalized spacial score (nSPS) is 45.8. The van der Waals surface area contributed by atoms with Crippen molar-refractivity contribution >= 4 is 12.0 Å². The maximum Gasteiger partial charge on any atom is 0.182 e. The molecule has 0 spiro atoms. The van der Waals surface area contributed by atoms with Gasteiger partial charge >= 0.3 is 0 Å². The number of allylic oxidation sites excluding steroid dienone is 5. The minimum absolute atomic E-state index is 0.390. The van der Waals surface area contributed by atoms with Crippen molar-refractivity contribution in [3.05, 3.63) is 35.5 Å². The molecule has 4 unspecified atom stereocenters. The fraction of sp³-hybridized carbons (Fsp3) is 0.778. The first-order valence-electron chi connectivity index (χ1n) is 12.6. The molecule has 5 aliphatic rings. The van der Waals surface area contributed by atoms with Crippen LogP contribution in [0.4, 0.5) is 0 Å². The van der Waals surface area contributed by atoms with Crippen molar-refractivity contribution in [2.24, 2.45) is 29.1 Å². The molecule has 0 radical (unpaired) electrons. The van der Waals surface area contributed by atoms with E-state index >= 15 is 0 Å². The Labute approximate surface area is 187 Å². The highest BCUT2D eigenvalue weighted by Gasteiger charge is 2.56. The Bertz CT molecular complexity index is 750. The summed E-state index contributed by atoms with van der Waals surface area (Å²) in [4.78, 5) is 0. The zero-order chi connectivity index (χ0) is 20.9. The van der Waals surface area contributed by atoms with Gasteiger partial charge in [0.1, 0.15) is 0 Å². The monoisotopic (exact) mass is 428 g/mol. The third-order valence-corrected chi connectivity index (χ3v) is 10.6. The lowest BCUT2D eigenvalue weighted by molar-refractivity contribution is -0.136. The summed E-state index contributed by atoms with van der Waals surface area (Å²) in [5.74, 6) is 1.64. The molecule has 3 heteroatoms. The van der Waals surface area contributed by atoms with Crippen LogP contribution >= 0.6 is 12.0 Å². The number of aliphatic hydroxyl groups is 1. The molecular weight excluding hydrogens is 388 g/mol. The zero-order valence-electron chi connectivity index (χ0n) is 19.0. The van der Waals surface area contributed by atoms with E-state index < -0.39 is 5.79 Å². The van der Waals surface area contributed by atoms with Gasteiger partial charge < -0.3 is 5.11 Å². The molecule has 0 aromatic carbocycles. The van der Waals surface area contributed by atoms with Crippen LogP contribution in [-0.2, 0) is 4.18 Å². The van der Waals surface area contributed by atoms with Crippen LogP contribution in [0.25, 0.3) is 0 Å². The van der Waals surface area contributed by atoms with Crippen molar-refractivity contribution in [1.29, 1.82) is 0 Å². The van der Waals surface area contributed by atoms with Crippen LogP contribution in [-0.4, -0.2) is 16.1 Å². The summed E-state index contributed by atoms with van der Waals surface area (Å²) in [5, 5.41) is 11.3. The summed E-state index contributed by atoms with van der Waals surface area (Å²) >= 11 is 1.60. The Morgan fingerprint density at radius 2 is 1.90 bits per heavy atom. The smallest absolute Gasteiger partial charge is 0.182 e. The predicted molar refractivity (Wildman–Crippen MR) is 126 cm³/mol. The summed E-state index contributed by atoms with van der Waals surface area (Å²) in [5.41, 5.74) is 4.99. The minimum atomic E-state index is -0.839. The second-order valence-electron chi connectivity index (χ2n) is 11.2.